The molecule has 2 heterocycles. The van der Waals surface area contributed by atoms with E-state index in [0.717, 1.165) is 6.42 Å². The van der Waals surface area contributed by atoms with Gasteiger partial charge in [-0.1, -0.05) is 38.1 Å². The van der Waals surface area contributed by atoms with Gasteiger partial charge in [0.15, 0.2) is 6.04 Å². The maximum Gasteiger partial charge on any atom is 0.414 e. The molecule has 0 saturated carbocycles. The number of carbonyl (C=O) groups is 1. The van der Waals surface area contributed by atoms with Crippen molar-refractivity contribution in [1.29, 1.82) is 0 Å². The number of rotatable bonds is 4. The van der Waals surface area contributed by atoms with E-state index in [9.17, 15) is 18.0 Å². The number of halogens is 3. The fraction of sp³-hybridized carbons (Fsp3) is 0.429. The fourth-order valence-electron chi connectivity index (χ4n) is 4.22. The van der Waals surface area contributed by atoms with Gasteiger partial charge < -0.3 is 10.1 Å². The number of aromatic nitrogens is 1. The molecular formula is C21H22F3N3O2. The lowest BCUT2D eigenvalue weighted by Crippen LogP contribution is -2.39. The van der Waals surface area contributed by atoms with Crippen LogP contribution in [-0.4, -0.2) is 41.3 Å². The summed E-state index contributed by atoms with van der Waals surface area (Å²) in [5.74, 6) is 0. The van der Waals surface area contributed by atoms with Gasteiger partial charge in [-0.05, 0) is 29.7 Å². The van der Waals surface area contributed by atoms with Crippen molar-refractivity contribution in [2.24, 2.45) is 0 Å². The van der Waals surface area contributed by atoms with Crippen LogP contribution < -0.4 is 5.32 Å². The first-order valence-corrected chi connectivity index (χ1v) is 9.49. The minimum Gasteiger partial charge on any atom is -0.448 e. The highest BCUT2D eigenvalue weighted by atomic mass is 19.4. The van der Waals surface area contributed by atoms with Crippen LogP contribution in [0.15, 0.2) is 42.6 Å². The summed E-state index contributed by atoms with van der Waals surface area (Å²) in [6.07, 6.45) is -3.38. The second kappa shape index (κ2) is 6.93. The van der Waals surface area contributed by atoms with Gasteiger partial charge in [-0.15, -0.1) is 0 Å². The summed E-state index contributed by atoms with van der Waals surface area (Å²) in [5.41, 5.74) is 2.83. The Hall–Kier alpha value is -2.77. The van der Waals surface area contributed by atoms with Crippen LogP contribution in [0.5, 0.6) is 0 Å². The van der Waals surface area contributed by atoms with Crippen LogP contribution in [0.4, 0.5) is 23.7 Å². The van der Waals surface area contributed by atoms with Crippen molar-refractivity contribution in [2.45, 2.75) is 43.9 Å². The van der Waals surface area contributed by atoms with Crippen LogP contribution in [0.2, 0.25) is 0 Å². The topological polar surface area (TPSA) is 54.5 Å². The number of benzene rings is 1. The number of nitrogens with zero attached hydrogens (tertiary/aromatic N) is 2. The molecule has 2 atom stereocenters. The monoisotopic (exact) mass is 405 g/mol. The Bertz CT molecular complexity index is 912. The molecule has 154 valence electrons. The summed E-state index contributed by atoms with van der Waals surface area (Å²) in [5, 5.41) is 3.41. The molecule has 0 bridgehead atoms. The van der Waals surface area contributed by atoms with Gasteiger partial charge in [-0.2, -0.15) is 13.2 Å². The van der Waals surface area contributed by atoms with Crippen molar-refractivity contribution in [2.75, 3.05) is 18.5 Å². The molecule has 29 heavy (non-hydrogen) atoms. The van der Waals surface area contributed by atoms with Crippen LogP contribution in [0.3, 0.4) is 0 Å². The molecule has 1 aromatic heterocycles. The molecule has 2 aromatic rings. The van der Waals surface area contributed by atoms with Crippen molar-refractivity contribution >= 4 is 11.8 Å². The Morgan fingerprint density at radius 1 is 1.24 bits per heavy atom. The molecule has 1 aliphatic carbocycles. The number of nitrogens with one attached hydrogen (secondary N) is 1. The van der Waals surface area contributed by atoms with Crippen molar-refractivity contribution < 1.29 is 22.7 Å². The fourth-order valence-corrected chi connectivity index (χ4v) is 4.22. The summed E-state index contributed by atoms with van der Waals surface area (Å²) in [6, 6.07) is 9.12. The van der Waals surface area contributed by atoms with E-state index < -0.39 is 18.3 Å². The molecule has 8 heteroatoms. The van der Waals surface area contributed by atoms with Gasteiger partial charge in [0, 0.05) is 11.5 Å². The lowest BCUT2D eigenvalue weighted by Gasteiger charge is -2.30. The standard InChI is InChI=1S/C21H22F3N3O2/c1-20(2)15-6-4-3-5-13(15)11-17(20)26-14-7-8-16(25-12-14)18(21(22,23)24)27-9-10-29-19(27)28/h3-8,12,17-18,26H,9-11H2,1-2H3. The number of fused-ring (bicyclic) bond motifs is 1. The van der Waals surface area contributed by atoms with Gasteiger partial charge in [0.05, 0.1) is 24.1 Å². The zero-order chi connectivity index (χ0) is 20.8. The zero-order valence-corrected chi connectivity index (χ0v) is 16.2. The summed E-state index contributed by atoms with van der Waals surface area (Å²) < 4.78 is 45.5. The van der Waals surface area contributed by atoms with E-state index in [1.165, 1.54) is 23.4 Å². The normalized spacial score (nSPS) is 21.6. The number of anilines is 1. The van der Waals surface area contributed by atoms with Gasteiger partial charge in [-0.3, -0.25) is 9.88 Å². The molecular weight excluding hydrogens is 383 g/mol. The molecule has 5 nitrogen and oxygen atoms in total. The third-order valence-electron chi connectivity index (χ3n) is 5.83. The van der Waals surface area contributed by atoms with Crippen molar-refractivity contribution in [3.05, 3.63) is 59.4 Å². The number of hydrogen-bond acceptors (Lipinski definition) is 4. The van der Waals surface area contributed by atoms with E-state index in [0.29, 0.717) is 10.6 Å². The SMILES string of the molecule is CC1(C)c2ccccc2CC1Nc1ccc(C(N2CCOC2=O)C(F)(F)F)nc1. The number of amides is 1. The van der Waals surface area contributed by atoms with Crippen LogP contribution in [0, 0.1) is 0 Å². The number of ether oxygens (including phenoxy) is 1. The summed E-state index contributed by atoms with van der Waals surface area (Å²) in [4.78, 5) is 16.4. The van der Waals surface area contributed by atoms with Gasteiger partial charge in [0.25, 0.3) is 0 Å². The van der Waals surface area contributed by atoms with Gasteiger partial charge in [0.1, 0.15) is 6.61 Å². The van der Waals surface area contributed by atoms with Crippen molar-refractivity contribution in [3.8, 4) is 0 Å². The molecule has 0 radical (unpaired) electrons. The molecule has 1 aliphatic heterocycles. The van der Waals surface area contributed by atoms with E-state index in [1.807, 2.05) is 12.1 Å². The first-order valence-electron chi connectivity index (χ1n) is 9.49. The highest BCUT2D eigenvalue weighted by Crippen LogP contribution is 2.41. The Kier molecular flexibility index (Phi) is 4.67. The van der Waals surface area contributed by atoms with E-state index in [1.54, 1.807) is 6.07 Å². The minimum atomic E-state index is -4.64. The summed E-state index contributed by atoms with van der Waals surface area (Å²) >= 11 is 0. The van der Waals surface area contributed by atoms with Crippen LogP contribution >= 0.6 is 0 Å². The molecule has 1 aromatic carbocycles. The number of alkyl halides is 3. The van der Waals surface area contributed by atoms with Crippen LogP contribution in [0.1, 0.15) is 36.7 Å². The highest BCUT2D eigenvalue weighted by molar-refractivity contribution is 5.70. The Morgan fingerprint density at radius 2 is 2.00 bits per heavy atom. The van der Waals surface area contributed by atoms with Crippen molar-refractivity contribution in [3.63, 3.8) is 0 Å². The first kappa shape index (κ1) is 19.5. The third-order valence-corrected chi connectivity index (χ3v) is 5.83. The van der Waals surface area contributed by atoms with Gasteiger partial charge in [0.2, 0.25) is 0 Å². The second-order valence-corrected chi connectivity index (χ2v) is 8.00. The Balaban J connectivity index is 1.54. The van der Waals surface area contributed by atoms with Crippen molar-refractivity contribution in [1.82, 2.24) is 9.88 Å². The highest BCUT2D eigenvalue weighted by Gasteiger charge is 2.49. The lowest BCUT2D eigenvalue weighted by molar-refractivity contribution is -0.178. The smallest absolute Gasteiger partial charge is 0.414 e. The number of hydrogen-bond donors (Lipinski definition) is 1. The van der Waals surface area contributed by atoms with Crippen LogP contribution in [0.25, 0.3) is 0 Å². The number of pyridine rings is 1. The Labute approximate surface area is 166 Å². The minimum absolute atomic E-state index is 0.0532. The lowest BCUT2D eigenvalue weighted by atomic mass is 9.83. The quantitative estimate of drug-likeness (QED) is 0.817. The zero-order valence-electron chi connectivity index (χ0n) is 16.2. The van der Waals surface area contributed by atoms with E-state index in [4.69, 9.17) is 0 Å². The molecule has 1 fully saturated rings. The number of cyclic esters (lactones) is 1. The summed E-state index contributed by atoms with van der Waals surface area (Å²) in [6.45, 7) is 4.13. The average molecular weight is 405 g/mol. The predicted octanol–water partition coefficient (Wildman–Crippen LogP) is 4.45. The first-order chi connectivity index (χ1) is 13.7. The van der Waals surface area contributed by atoms with Gasteiger partial charge >= 0.3 is 12.3 Å². The average Bonchev–Trinajstić information content (AvgIpc) is 3.17. The third kappa shape index (κ3) is 3.52. The Morgan fingerprint density at radius 3 is 2.59 bits per heavy atom. The van der Waals surface area contributed by atoms with E-state index in [2.05, 4.69) is 41.0 Å². The van der Waals surface area contributed by atoms with Crippen LogP contribution in [-0.2, 0) is 16.6 Å². The molecule has 1 amide bonds. The molecule has 4 rings (SSSR count). The molecule has 1 N–H and O–H groups in total. The maximum atomic E-state index is 13.6. The van der Waals surface area contributed by atoms with Gasteiger partial charge in [-0.25, -0.2) is 4.79 Å². The second-order valence-electron chi connectivity index (χ2n) is 8.00. The summed E-state index contributed by atoms with van der Waals surface area (Å²) in [7, 11) is 0. The molecule has 0 spiro atoms. The largest absolute Gasteiger partial charge is 0.448 e. The maximum absolute atomic E-state index is 13.6. The molecule has 1 saturated heterocycles. The molecule has 2 aliphatic rings. The van der Waals surface area contributed by atoms with E-state index >= 15 is 0 Å². The predicted molar refractivity (Wildman–Crippen MR) is 102 cm³/mol. The number of carbonyl (C=O) groups excluding carboxylic acids is 1. The van der Waals surface area contributed by atoms with E-state index in [-0.39, 0.29) is 30.3 Å². The molecule has 2 unspecified atom stereocenters.